The van der Waals surface area contributed by atoms with Crippen LogP contribution < -0.4 is 5.56 Å². The van der Waals surface area contributed by atoms with Gasteiger partial charge in [0.05, 0.1) is 10.7 Å². The Bertz CT molecular complexity index is 662. The molecule has 0 unspecified atom stereocenters. The van der Waals surface area contributed by atoms with Gasteiger partial charge in [-0.3, -0.25) is 4.79 Å². The number of rotatable bonds is 2. The van der Waals surface area contributed by atoms with Gasteiger partial charge in [0.25, 0.3) is 5.56 Å². The van der Waals surface area contributed by atoms with Crippen molar-refractivity contribution >= 4 is 11.3 Å². The Kier molecular flexibility index (Phi) is 2.82. The Labute approximate surface area is 115 Å². The molecule has 2 aromatic rings. The quantitative estimate of drug-likeness (QED) is 0.916. The molecule has 2 aromatic heterocycles. The number of hydrogen-bond acceptors (Lipinski definition) is 4. The summed E-state index contributed by atoms with van der Waals surface area (Å²) in [5, 5.41) is 3.03. The maximum absolute atomic E-state index is 11.7. The van der Waals surface area contributed by atoms with Gasteiger partial charge < -0.3 is 4.98 Å². The van der Waals surface area contributed by atoms with Crippen molar-refractivity contribution in [1.82, 2.24) is 15.0 Å². The van der Waals surface area contributed by atoms with Crippen LogP contribution in [0.25, 0.3) is 11.5 Å². The second-order valence-corrected chi connectivity index (χ2v) is 6.94. The number of thiazole rings is 1. The fourth-order valence-electron chi connectivity index (χ4n) is 1.91. The molecule has 0 amide bonds. The number of nitrogens with zero attached hydrogens (tertiary/aromatic N) is 2. The summed E-state index contributed by atoms with van der Waals surface area (Å²) in [6.07, 6.45) is 2.28. The van der Waals surface area contributed by atoms with Crippen LogP contribution in [-0.2, 0) is 5.41 Å². The molecular formula is C14H17N3OS. The predicted octanol–water partition coefficient (Wildman–Crippen LogP) is 3.07. The number of nitrogens with one attached hydrogen (secondary N) is 1. The molecule has 0 saturated heterocycles. The fourth-order valence-corrected chi connectivity index (χ4v) is 2.81. The second-order valence-electron chi connectivity index (χ2n) is 6.08. The van der Waals surface area contributed by atoms with E-state index in [4.69, 9.17) is 0 Å². The van der Waals surface area contributed by atoms with Gasteiger partial charge in [0.2, 0.25) is 0 Å². The molecule has 1 saturated carbocycles. The third kappa shape index (κ3) is 2.61. The van der Waals surface area contributed by atoms with Crippen molar-refractivity contribution in [3.63, 3.8) is 0 Å². The van der Waals surface area contributed by atoms with E-state index in [0.717, 1.165) is 29.2 Å². The van der Waals surface area contributed by atoms with Gasteiger partial charge in [-0.2, -0.15) is 0 Å². The van der Waals surface area contributed by atoms with Gasteiger partial charge >= 0.3 is 0 Å². The lowest BCUT2D eigenvalue weighted by molar-refractivity contribution is 0.586. The molecule has 0 atom stereocenters. The molecule has 1 fully saturated rings. The smallest absolute Gasteiger partial charge is 0.251 e. The number of aromatic amines is 1. The second kappa shape index (κ2) is 4.27. The van der Waals surface area contributed by atoms with Crippen LogP contribution in [0.3, 0.4) is 0 Å². The van der Waals surface area contributed by atoms with Crippen molar-refractivity contribution in [2.75, 3.05) is 0 Å². The van der Waals surface area contributed by atoms with Crippen LogP contribution in [0.5, 0.6) is 0 Å². The lowest BCUT2D eigenvalue weighted by Gasteiger charge is -2.13. The van der Waals surface area contributed by atoms with E-state index < -0.39 is 0 Å². The summed E-state index contributed by atoms with van der Waals surface area (Å²) in [6, 6.07) is 1.61. The first-order valence-corrected chi connectivity index (χ1v) is 7.39. The Morgan fingerprint density at radius 3 is 2.63 bits per heavy atom. The summed E-state index contributed by atoms with van der Waals surface area (Å²) in [7, 11) is 0. The van der Waals surface area contributed by atoms with Crippen molar-refractivity contribution in [3.8, 4) is 11.5 Å². The van der Waals surface area contributed by atoms with Gasteiger partial charge in [0, 0.05) is 22.8 Å². The van der Waals surface area contributed by atoms with E-state index in [0.29, 0.717) is 11.7 Å². The molecule has 0 aromatic carbocycles. The molecular weight excluding hydrogens is 258 g/mol. The highest BCUT2D eigenvalue weighted by atomic mass is 32.1. The molecule has 0 radical (unpaired) electrons. The molecule has 0 spiro atoms. The first kappa shape index (κ1) is 12.5. The summed E-state index contributed by atoms with van der Waals surface area (Å²) in [5.41, 5.74) is 1.62. The van der Waals surface area contributed by atoms with Gasteiger partial charge in [0.1, 0.15) is 5.69 Å². The summed E-state index contributed by atoms with van der Waals surface area (Å²) >= 11 is 1.61. The molecule has 5 heteroatoms. The SMILES string of the molecule is CC(C)(C)c1nc(-c2nc(C3CC3)cc(=O)[nH]2)cs1. The van der Waals surface area contributed by atoms with Crippen LogP contribution in [0.2, 0.25) is 0 Å². The highest BCUT2D eigenvalue weighted by molar-refractivity contribution is 7.10. The highest BCUT2D eigenvalue weighted by Crippen LogP contribution is 2.38. The largest absolute Gasteiger partial charge is 0.305 e. The van der Waals surface area contributed by atoms with Crippen LogP contribution in [0, 0.1) is 0 Å². The Hall–Kier alpha value is -1.49. The Morgan fingerprint density at radius 1 is 1.32 bits per heavy atom. The van der Waals surface area contributed by atoms with E-state index in [-0.39, 0.29) is 11.0 Å². The third-order valence-electron chi connectivity index (χ3n) is 3.15. The van der Waals surface area contributed by atoms with Crippen molar-refractivity contribution in [2.24, 2.45) is 0 Å². The molecule has 0 aliphatic heterocycles. The summed E-state index contributed by atoms with van der Waals surface area (Å²) < 4.78 is 0. The first-order valence-electron chi connectivity index (χ1n) is 6.51. The van der Waals surface area contributed by atoms with Gasteiger partial charge in [-0.15, -0.1) is 11.3 Å². The number of H-pyrrole nitrogens is 1. The highest BCUT2D eigenvalue weighted by Gasteiger charge is 2.26. The predicted molar refractivity (Wildman–Crippen MR) is 76.6 cm³/mol. The van der Waals surface area contributed by atoms with Gasteiger partial charge in [-0.1, -0.05) is 20.8 Å². The van der Waals surface area contributed by atoms with E-state index in [2.05, 4.69) is 35.7 Å². The van der Waals surface area contributed by atoms with E-state index >= 15 is 0 Å². The summed E-state index contributed by atoms with van der Waals surface area (Å²) in [6.45, 7) is 6.39. The summed E-state index contributed by atoms with van der Waals surface area (Å²) in [5.74, 6) is 1.07. The molecule has 1 N–H and O–H groups in total. The minimum absolute atomic E-state index is 0.0251. The van der Waals surface area contributed by atoms with Gasteiger partial charge in [0.15, 0.2) is 5.82 Å². The van der Waals surface area contributed by atoms with E-state index in [9.17, 15) is 4.79 Å². The van der Waals surface area contributed by atoms with Gasteiger partial charge in [-0.05, 0) is 12.8 Å². The van der Waals surface area contributed by atoms with Crippen LogP contribution >= 0.6 is 11.3 Å². The maximum Gasteiger partial charge on any atom is 0.251 e. The number of hydrogen-bond donors (Lipinski definition) is 1. The van der Waals surface area contributed by atoms with E-state index in [1.54, 1.807) is 17.4 Å². The van der Waals surface area contributed by atoms with E-state index in [1.165, 1.54) is 0 Å². The molecule has 19 heavy (non-hydrogen) atoms. The molecule has 100 valence electrons. The van der Waals surface area contributed by atoms with Crippen molar-refractivity contribution in [2.45, 2.75) is 44.9 Å². The van der Waals surface area contributed by atoms with Crippen LogP contribution in [0.4, 0.5) is 0 Å². The Morgan fingerprint density at radius 2 is 2.05 bits per heavy atom. The van der Waals surface area contributed by atoms with Crippen LogP contribution in [0.15, 0.2) is 16.2 Å². The van der Waals surface area contributed by atoms with Crippen molar-refractivity contribution < 1.29 is 0 Å². The third-order valence-corrected chi connectivity index (χ3v) is 4.41. The monoisotopic (exact) mass is 275 g/mol. The zero-order valence-corrected chi connectivity index (χ0v) is 12.2. The zero-order valence-electron chi connectivity index (χ0n) is 11.4. The van der Waals surface area contributed by atoms with Crippen LogP contribution in [-0.4, -0.2) is 15.0 Å². The molecule has 1 aliphatic carbocycles. The topological polar surface area (TPSA) is 58.6 Å². The average Bonchev–Trinajstić information content (AvgIpc) is 3.03. The zero-order chi connectivity index (χ0) is 13.6. The molecule has 3 rings (SSSR count). The standard InChI is InChI=1S/C14H17N3OS/c1-14(2,3)13-16-10(7-19-13)12-15-9(8-4-5-8)6-11(18)17-12/h6-8H,4-5H2,1-3H3,(H,15,17,18). The van der Waals surface area contributed by atoms with Crippen LogP contribution in [0.1, 0.15) is 50.2 Å². The minimum atomic E-state index is -0.0859. The molecule has 0 bridgehead atoms. The van der Waals surface area contributed by atoms with E-state index in [1.807, 2.05) is 5.38 Å². The molecule has 4 nitrogen and oxygen atoms in total. The lowest BCUT2D eigenvalue weighted by atomic mass is 9.98. The Balaban J connectivity index is 2.02. The average molecular weight is 275 g/mol. The molecule has 2 heterocycles. The van der Waals surface area contributed by atoms with Crippen molar-refractivity contribution in [1.29, 1.82) is 0 Å². The molecule has 1 aliphatic rings. The lowest BCUT2D eigenvalue weighted by Crippen LogP contribution is -2.12. The van der Waals surface area contributed by atoms with Crippen molar-refractivity contribution in [3.05, 3.63) is 32.5 Å². The fraction of sp³-hybridized carbons (Fsp3) is 0.500. The first-order chi connectivity index (χ1) is 8.93. The normalized spacial score (nSPS) is 15.7. The number of aromatic nitrogens is 3. The maximum atomic E-state index is 11.7. The minimum Gasteiger partial charge on any atom is -0.305 e. The van der Waals surface area contributed by atoms with Gasteiger partial charge in [-0.25, -0.2) is 9.97 Å². The summed E-state index contributed by atoms with van der Waals surface area (Å²) in [4.78, 5) is 23.6.